The Bertz CT molecular complexity index is 193. The summed E-state index contributed by atoms with van der Waals surface area (Å²) in [7, 11) is -3.80. The van der Waals surface area contributed by atoms with Gasteiger partial charge in [-0.15, -0.1) is 6.58 Å². The van der Waals surface area contributed by atoms with E-state index in [9.17, 15) is 8.42 Å². The second-order valence-corrected chi connectivity index (χ2v) is 3.35. The van der Waals surface area contributed by atoms with Gasteiger partial charge in [-0.25, -0.2) is 0 Å². The van der Waals surface area contributed by atoms with Crippen LogP contribution in [0.3, 0.4) is 0 Å². The van der Waals surface area contributed by atoms with Gasteiger partial charge in [0.15, 0.2) is 0 Å². The Hall–Kier alpha value is 1.61. The zero-order chi connectivity index (χ0) is 8.04. The zero-order valence-corrected chi connectivity index (χ0v) is 6.39. The SMILES string of the molecule is C=CCNCCS(=O)(=O)O.[NaH].[NaH]. The molecule has 0 amide bonds. The molecule has 0 aromatic heterocycles. The fourth-order valence-electron chi connectivity index (χ4n) is 0.405. The quantitative estimate of drug-likeness (QED) is 0.249. The minimum atomic E-state index is -3.80. The molecule has 0 saturated heterocycles. The van der Waals surface area contributed by atoms with Crippen molar-refractivity contribution in [2.75, 3.05) is 18.8 Å². The van der Waals surface area contributed by atoms with E-state index >= 15 is 0 Å². The van der Waals surface area contributed by atoms with Gasteiger partial charge in [0.25, 0.3) is 10.1 Å². The van der Waals surface area contributed by atoms with E-state index in [1.807, 2.05) is 0 Å². The van der Waals surface area contributed by atoms with Crippen molar-refractivity contribution in [3.63, 3.8) is 0 Å². The molecule has 0 fully saturated rings. The zero-order valence-electron chi connectivity index (χ0n) is 5.58. The molecule has 0 bridgehead atoms. The second kappa shape index (κ2) is 10.7. The molecule has 0 aromatic carbocycles. The van der Waals surface area contributed by atoms with Gasteiger partial charge in [0.2, 0.25) is 0 Å². The van der Waals surface area contributed by atoms with Crippen molar-refractivity contribution in [3.8, 4) is 0 Å². The summed E-state index contributed by atoms with van der Waals surface area (Å²) in [5.41, 5.74) is 0. The monoisotopic (exact) mass is 213 g/mol. The molecule has 0 radical (unpaired) electrons. The van der Waals surface area contributed by atoms with Crippen LogP contribution in [0, 0.1) is 0 Å². The van der Waals surface area contributed by atoms with Gasteiger partial charge < -0.3 is 5.32 Å². The van der Waals surface area contributed by atoms with E-state index in [0.29, 0.717) is 6.54 Å². The molecule has 0 aliphatic carbocycles. The van der Waals surface area contributed by atoms with Crippen molar-refractivity contribution < 1.29 is 13.0 Å². The predicted octanol–water partition coefficient (Wildman–Crippen LogP) is -1.65. The van der Waals surface area contributed by atoms with Gasteiger partial charge in [-0.3, -0.25) is 4.55 Å². The Kier molecular flexibility index (Phi) is 17.1. The van der Waals surface area contributed by atoms with Crippen LogP contribution in [0.15, 0.2) is 12.7 Å². The molecule has 12 heavy (non-hydrogen) atoms. The Morgan fingerprint density at radius 3 is 2.25 bits per heavy atom. The van der Waals surface area contributed by atoms with Crippen LogP contribution < -0.4 is 5.32 Å². The van der Waals surface area contributed by atoms with E-state index in [0.717, 1.165) is 0 Å². The molecule has 4 nitrogen and oxygen atoms in total. The van der Waals surface area contributed by atoms with Crippen LogP contribution in [0.1, 0.15) is 0 Å². The maximum atomic E-state index is 10.1. The molecule has 64 valence electrons. The second-order valence-electron chi connectivity index (χ2n) is 1.78. The van der Waals surface area contributed by atoms with Gasteiger partial charge in [0.05, 0.1) is 5.75 Å². The number of hydrogen-bond donors (Lipinski definition) is 2. The predicted molar refractivity (Wildman–Crippen MR) is 53.8 cm³/mol. The van der Waals surface area contributed by atoms with Crippen molar-refractivity contribution in [1.82, 2.24) is 5.32 Å². The summed E-state index contributed by atoms with van der Waals surface area (Å²) in [6, 6.07) is 0. The molecule has 0 rings (SSSR count). The van der Waals surface area contributed by atoms with E-state index in [1.165, 1.54) is 0 Å². The first-order chi connectivity index (χ1) is 4.56. The maximum absolute atomic E-state index is 10.1. The Labute approximate surface area is 118 Å². The van der Waals surface area contributed by atoms with Crippen LogP contribution in [0.25, 0.3) is 0 Å². The average molecular weight is 213 g/mol. The van der Waals surface area contributed by atoms with Crippen molar-refractivity contribution in [2.24, 2.45) is 0 Å². The molecule has 0 atom stereocenters. The molecule has 0 aliphatic heterocycles. The molecule has 0 unspecified atom stereocenters. The van der Waals surface area contributed by atoms with E-state index in [1.54, 1.807) is 6.08 Å². The van der Waals surface area contributed by atoms with Gasteiger partial charge in [-0.1, -0.05) is 6.08 Å². The first kappa shape index (κ1) is 19.2. The summed E-state index contributed by atoms with van der Waals surface area (Å²) in [6.07, 6.45) is 1.62. The third kappa shape index (κ3) is 17.6. The summed E-state index contributed by atoms with van der Waals surface area (Å²) in [5.74, 6) is -0.249. The Balaban J connectivity index is -0.000000405. The summed E-state index contributed by atoms with van der Waals surface area (Å²) in [6.45, 7) is 4.23. The third-order valence-corrected chi connectivity index (χ3v) is 1.55. The number of hydrogen-bond acceptors (Lipinski definition) is 3. The molecular formula is C5H13NNa2O3S. The van der Waals surface area contributed by atoms with Gasteiger partial charge >= 0.3 is 59.1 Å². The van der Waals surface area contributed by atoms with Crippen LogP contribution in [0.5, 0.6) is 0 Å². The first-order valence-electron chi connectivity index (χ1n) is 2.83. The van der Waals surface area contributed by atoms with Crippen LogP contribution in [0.2, 0.25) is 0 Å². The minimum absolute atomic E-state index is 0. The summed E-state index contributed by atoms with van der Waals surface area (Å²) in [5, 5.41) is 2.73. The summed E-state index contributed by atoms with van der Waals surface area (Å²) < 4.78 is 28.4. The molecule has 0 saturated carbocycles. The summed E-state index contributed by atoms with van der Waals surface area (Å²) in [4.78, 5) is 0. The van der Waals surface area contributed by atoms with Gasteiger partial charge in [-0.05, 0) is 0 Å². The molecule has 7 heteroatoms. The molecule has 0 spiro atoms. The van der Waals surface area contributed by atoms with E-state index in [4.69, 9.17) is 4.55 Å². The molecule has 0 aliphatic rings. The van der Waals surface area contributed by atoms with Crippen molar-refractivity contribution in [3.05, 3.63) is 12.7 Å². The van der Waals surface area contributed by atoms with E-state index < -0.39 is 10.1 Å². The van der Waals surface area contributed by atoms with Crippen LogP contribution in [-0.4, -0.2) is 90.9 Å². The van der Waals surface area contributed by atoms with Crippen molar-refractivity contribution in [2.45, 2.75) is 0 Å². The Morgan fingerprint density at radius 2 is 1.92 bits per heavy atom. The van der Waals surface area contributed by atoms with Crippen molar-refractivity contribution in [1.29, 1.82) is 0 Å². The first-order valence-corrected chi connectivity index (χ1v) is 4.44. The van der Waals surface area contributed by atoms with Crippen molar-refractivity contribution >= 4 is 69.2 Å². The van der Waals surface area contributed by atoms with Crippen LogP contribution in [-0.2, 0) is 10.1 Å². The third-order valence-electron chi connectivity index (χ3n) is 0.825. The van der Waals surface area contributed by atoms with E-state index in [-0.39, 0.29) is 71.4 Å². The molecule has 0 heterocycles. The van der Waals surface area contributed by atoms with Gasteiger partial charge in [0, 0.05) is 13.1 Å². The standard InChI is InChI=1S/C5H11NO3S.2Na.2H/c1-2-3-6-4-5-10(7,8)9;;;;/h2,6H,1,3-5H2,(H,7,8,9);;;;. The van der Waals surface area contributed by atoms with E-state index in [2.05, 4.69) is 11.9 Å². The van der Waals surface area contributed by atoms with Crippen LogP contribution >= 0.6 is 0 Å². The fourth-order valence-corrected chi connectivity index (χ4v) is 0.808. The average Bonchev–Trinajstić information content (AvgIpc) is 1.78. The molecule has 0 aromatic rings. The number of rotatable bonds is 5. The van der Waals surface area contributed by atoms with Crippen LogP contribution in [0.4, 0.5) is 0 Å². The van der Waals surface area contributed by atoms with Gasteiger partial charge in [-0.2, -0.15) is 8.42 Å². The summed E-state index contributed by atoms with van der Waals surface area (Å²) >= 11 is 0. The Morgan fingerprint density at radius 1 is 1.42 bits per heavy atom. The fraction of sp³-hybridized carbons (Fsp3) is 0.600. The normalized spacial score (nSPS) is 9.42. The molecule has 2 N–H and O–H groups in total. The topological polar surface area (TPSA) is 66.4 Å². The molecular weight excluding hydrogens is 200 g/mol. The van der Waals surface area contributed by atoms with Gasteiger partial charge in [0.1, 0.15) is 0 Å². The number of nitrogens with one attached hydrogen (secondary N) is 1.